The summed E-state index contributed by atoms with van der Waals surface area (Å²) in [5.74, 6) is 0.0347. The van der Waals surface area contributed by atoms with E-state index in [9.17, 15) is 9.59 Å². The maximum Gasteiger partial charge on any atom is 0.153 e. The number of carbonyl (C=O) groups is 2. The van der Waals surface area contributed by atoms with E-state index >= 15 is 0 Å². The van der Waals surface area contributed by atoms with Crippen molar-refractivity contribution in [3.05, 3.63) is 65.7 Å². The van der Waals surface area contributed by atoms with Crippen LogP contribution in [0.5, 0.6) is 5.75 Å². The van der Waals surface area contributed by atoms with Gasteiger partial charge in [-0.05, 0) is 17.7 Å². The van der Waals surface area contributed by atoms with Crippen LogP contribution in [0.15, 0.2) is 54.6 Å². The smallest absolute Gasteiger partial charge is 0.153 e. The molecule has 2 aromatic carbocycles. The average Bonchev–Trinajstić information content (AvgIpc) is 2.42. The highest BCUT2D eigenvalue weighted by molar-refractivity contribution is 5.78. The lowest BCUT2D eigenvalue weighted by Gasteiger charge is -1.91. The number of hydrogen-bond acceptors (Lipinski definition) is 3. The van der Waals surface area contributed by atoms with Crippen molar-refractivity contribution in [2.45, 2.75) is 6.42 Å². The lowest BCUT2D eigenvalue weighted by Crippen LogP contribution is -1.82. The van der Waals surface area contributed by atoms with E-state index in [2.05, 4.69) is 0 Å². The van der Waals surface area contributed by atoms with Crippen LogP contribution in [-0.4, -0.2) is 17.7 Å². The second kappa shape index (κ2) is 7.79. The number of phenolic OH excluding ortho intramolecular Hbond substituents is 1. The van der Waals surface area contributed by atoms with Crippen LogP contribution in [0.4, 0.5) is 0 Å². The first-order valence-corrected chi connectivity index (χ1v) is 5.48. The first kappa shape index (κ1) is 13.6. The maximum atomic E-state index is 10.1. The summed E-state index contributed by atoms with van der Waals surface area (Å²) >= 11 is 0. The summed E-state index contributed by atoms with van der Waals surface area (Å²) in [6.45, 7) is 0. The molecule has 0 heterocycles. The summed E-state index contributed by atoms with van der Waals surface area (Å²) in [6.07, 6.45) is 2.06. The fourth-order valence-corrected chi connectivity index (χ4v) is 1.30. The van der Waals surface area contributed by atoms with Gasteiger partial charge in [0, 0.05) is 6.42 Å². The van der Waals surface area contributed by atoms with E-state index in [4.69, 9.17) is 5.11 Å². The molecule has 0 bridgehead atoms. The third kappa shape index (κ3) is 4.61. The number of para-hydroxylation sites is 1. The van der Waals surface area contributed by atoms with Gasteiger partial charge >= 0.3 is 0 Å². The largest absolute Gasteiger partial charge is 0.507 e. The van der Waals surface area contributed by atoms with Crippen LogP contribution in [0.25, 0.3) is 0 Å². The SMILES string of the molecule is O=CCc1ccccc1.O=Cc1ccccc1O. The van der Waals surface area contributed by atoms with Crippen LogP contribution in [0.3, 0.4) is 0 Å². The molecule has 0 aliphatic heterocycles. The van der Waals surface area contributed by atoms with Crippen molar-refractivity contribution in [2.75, 3.05) is 0 Å². The zero-order valence-electron chi connectivity index (χ0n) is 9.82. The zero-order valence-corrected chi connectivity index (χ0v) is 9.82. The second-order valence-corrected chi connectivity index (χ2v) is 3.53. The van der Waals surface area contributed by atoms with E-state index in [0.717, 1.165) is 11.8 Å². The van der Waals surface area contributed by atoms with Gasteiger partial charge < -0.3 is 9.90 Å². The summed E-state index contributed by atoms with van der Waals surface area (Å²) in [6, 6.07) is 16.1. The van der Waals surface area contributed by atoms with E-state index in [1.54, 1.807) is 18.2 Å². The van der Waals surface area contributed by atoms with Gasteiger partial charge in [0.05, 0.1) is 5.56 Å². The minimum Gasteiger partial charge on any atom is -0.507 e. The molecule has 0 spiro atoms. The Morgan fingerprint density at radius 3 is 2.00 bits per heavy atom. The maximum absolute atomic E-state index is 10.1. The quantitative estimate of drug-likeness (QED) is 0.842. The number of aromatic hydroxyl groups is 1. The fourth-order valence-electron chi connectivity index (χ4n) is 1.30. The van der Waals surface area contributed by atoms with E-state index < -0.39 is 0 Å². The molecule has 3 nitrogen and oxygen atoms in total. The molecule has 1 N–H and O–H groups in total. The third-order valence-corrected chi connectivity index (χ3v) is 2.23. The van der Waals surface area contributed by atoms with Crippen LogP contribution in [0, 0.1) is 0 Å². The van der Waals surface area contributed by atoms with Gasteiger partial charge in [0.25, 0.3) is 0 Å². The van der Waals surface area contributed by atoms with Gasteiger partial charge in [0.1, 0.15) is 12.0 Å². The summed E-state index contributed by atoms with van der Waals surface area (Å²) in [4.78, 5) is 20.0. The van der Waals surface area contributed by atoms with Gasteiger partial charge in [-0.3, -0.25) is 4.79 Å². The predicted molar refractivity (Wildman–Crippen MR) is 69.7 cm³/mol. The minimum absolute atomic E-state index is 0.0347. The Hall–Kier alpha value is -2.42. The van der Waals surface area contributed by atoms with Crippen molar-refractivity contribution >= 4 is 12.6 Å². The zero-order chi connectivity index (χ0) is 13.2. The molecule has 92 valence electrons. The molecule has 0 aromatic heterocycles. The standard InChI is InChI=1S/C8H8O.C7H6O2/c9-7-6-8-4-2-1-3-5-8;8-5-6-3-1-2-4-7(6)9/h1-5,7H,6H2;1-5,9H. The van der Waals surface area contributed by atoms with Crippen LogP contribution >= 0.6 is 0 Å². The van der Waals surface area contributed by atoms with Crippen LogP contribution in [0.1, 0.15) is 15.9 Å². The number of carbonyl (C=O) groups excluding carboxylic acids is 2. The highest BCUT2D eigenvalue weighted by atomic mass is 16.3. The topological polar surface area (TPSA) is 54.4 Å². The first-order chi connectivity index (χ1) is 8.77. The predicted octanol–water partition coefficient (Wildman–Crippen LogP) is 2.63. The van der Waals surface area contributed by atoms with Crippen molar-refractivity contribution < 1.29 is 14.7 Å². The Bertz CT molecular complexity index is 492. The molecule has 0 saturated carbocycles. The summed E-state index contributed by atoms with van der Waals surface area (Å²) in [5, 5.41) is 8.88. The van der Waals surface area contributed by atoms with Crippen molar-refractivity contribution in [1.29, 1.82) is 0 Å². The van der Waals surface area contributed by atoms with Crippen molar-refractivity contribution in [3.63, 3.8) is 0 Å². The summed E-state index contributed by atoms with van der Waals surface area (Å²) in [7, 11) is 0. The molecule has 0 amide bonds. The summed E-state index contributed by atoms with van der Waals surface area (Å²) in [5.41, 5.74) is 1.41. The van der Waals surface area contributed by atoms with Crippen LogP contribution < -0.4 is 0 Å². The highest BCUT2D eigenvalue weighted by Crippen LogP contribution is 2.11. The Kier molecular flexibility index (Phi) is 5.90. The molecule has 0 fully saturated rings. The van der Waals surface area contributed by atoms with Crippen molar-refractivity contribution in [3.8, 4) is 5.75 Å². The lowest BCUT2D eigenvalue weighted by atomic mass is 10.2. The van der Waals surface area contributed by atoms with E-state index in [-0.39, 0.29) is 5.75 Å². The molecule has 0 unspecified atom stereocenters. The summed E-state index contributed by atoms with van der Waals surface area (Å²) < 4.78 is 0. The Balaban J connectivity index is 0.000000180. The Labute approximate surface area is 106 Å². The Morgan fingerprint density at radius 2 is 1.50 bits per heavy atom. The molecule has 3 heteroatoms. The number of benzene rings is 2. The van der Waals surface area contributed by atoms with Crippen molar-refractivity contribution in [1.82, 2.24) is 0 Å². The number of rotatable bonds is 3. The lowest BCUT2D eigenvalue weighted by molar-refractivity contribution is -0.107. The van der Waals surface area contributed by atoms with E-state index in [0.29, 0.717) is 18.3 Å². The van der Waals surface area contributed by atoms with Crippen LogP contribution in [0.2, 0.25) is 0 Å². The van der Waals surface area contributed by atoms with Gasteiger partial charge in [-0.1, -0.05) is 42.5 Å². The van der Waals surface area contributed by atoms with E-state index in [1.807, 2.05) is 30.3 Å². The molecule has 0 radical (unpaired) electrons. The molecule has 2 aromatic rings. The molecule has 0 saturated heterocycles. The molecule has 0 atom stereocenters. The third-order valence-electron chi connectivity index (χ3n) is 2.23. The van der Waals surface area contributed by atoms with Gasteiger partial charge in [-0.15, -0.1) is 0 Å². The van der Waals surface area contributed by atoms with Gasteiger partial charge in [0.15, 0.2) is 6.29 Å². The molecular weight excluding hydrogens is 228 g/mol. The molecule has 18 heavy (non-hydrogen) atoms. The minimum atomic E-state index is 0.0347. The van der Waals surface area contributed by atoms with Gasteiger partial charge in [-0.25, -0.2) is 0 Å². The normalized spacial score (nSPS) is 8.89. The Morgan fingerprint density at radius 1 is 0.889 bits per heavy atom. The molecule has 0 aliphatic rings. The second-order valence-electron chi connectivity index (χ2n) is 3.53. The van der Waals surface area contributed by atoms with Crippen LogP contribution in [-0.2, 0) is 11.2 Å². The number of aldehydes is 2. The number of phenols is 1. The monoisotopic (exact) mass is 242 g/mol. The fraction of sp³-hybridized carbons (Fsp3) is 0.0667. The van der Waals surface area contributed by atoms with Gasteiger partial charge in [0.2, 0.25) is 0 Å². The molecule has 2 rings (SSSR count). The molecular formula is C15H14O3. The first-order valence-electron chi connectivity index (χ1n) is 5.48. The number of hydrogen-bond donors (Lipinski definition) is 1. The average molecular weight is 242 g/mol. The van der Waals surface area contributed by atoms with E-state index in [1.165, 1.54) is 6.07 Å². The van der Waals surface area contributed by atoms with Crippen molar-refractivity contribution in [2.24, 2.45) is 0 Å². The molecule has 0 aliphatic carbocycles. The van der Waals surface area contributed by atoms with Gasteiger partial charge in [-0.2, -0.15) is 0 Å². The highest BCUT2D eigenvalue weighted by Gasteiger charge is 1.93.